The van der Waals surface area contributed by atoms with Crippen LogP contribution >= 0.6 is 0 Å². The summed E-state index contributed by atoms with van der Waals surface area (Å²) in [6.45, 7) is 1.84. The maximum atomic E-state index is 12.4. The summed E-state index contributed by atoms with van der Waals surface area (Å²) in [6.07, 6.45) is 7.82. The van der Waals surface area contributed by atoms with E-state index in [0.29, 0.717) is 12.0 Å². The maximum absolute atomic E-state index is 12.4. The highest BCUT2D eigenvalue weighted by Gasteiger charge is 2.31. The zero-order valence-corrected chi connectivity index (χ0v) is 13.7. The largest absolute Gasteiger partial charge is 0.349 e. The van der Waals surface area contributed by atoms with Gasteiger partial charge in [0.25, 0.3) is 5.91 Å². The minimum absolute atomic E-state index is 0.0866. The zero-order valence-electron chi connectivity index (χ0n) is 12.9. The van der Waals surface area contributed by atoms with Crippen LogP contribution in [0, 0.1) is 6.92 Å². The molecule has 122 valence electrons. The van der Waals surface area contributed by atoms with Crippen LogP contribution in [0.25, 0.3) is 0 Å². The monoisotopic (exact) mass is 325 g/mol. The number of hydrogen-bond donors (Lipinski definition) is 1. The van der Waals surface area contributed by atoms with Gasteiger partial charge in [0.1, 0.15) is 0 Å². The van der Waals surface area contributed by atoms with Crippen molar-refractivity contribution < 1.29 is 13.2 Å². The minimum Gasteiger partial charge on any atom is -0.349 e. The van der Waals surface area contributed by atoms with E-state index in [2.05, 4.69) is 10.4 Å². The SMILES string of the molecule is Cc1c(C(=O)NC2CCCCC2)cnn1C1CCS(=O)(=O)C1. The molecule has 6 nitrogen and oxygen atoms in total. The third-order valence-corrected chi connectivity index (χ3v) is 6.53. The summed E-state index contributed by atoms with van der Waals surface area (Å²) >= 11 is 0. The Morgan fingerprint density at radius 2 is 2.00 bits per heavy atom. The van der Waals surface area contributed by atoms with Gasteiger partial charge in [-0.3, -0.25) is 9.48 Å². The fourth-order valence-corrected chi connectivity index (χ4v) is 5.18. The Hall–Kier alpha value is -1.37. The molecule has 1 saturated carbocycles. The number of aromatic nitrogens is 2. The van der Waals surface area contributed by atoms with Crippen molar-refractivity contribution in [3.63, 3.8) is 0 Å². The first-order valence-corrected chi connectivity index (χ1v) is 9.84. The Labute approximate surface area is 131 Å². The van der Waals surface area contributed by atoms with Crippen LogP contribution in [-0.4, -0.2) is 41.7 Å². The molecule has 1 aromatic heterocycles. The lowest BCUT2D eigenvalue weighted by Crippen LogP contribution is -2.36. The molecule has 1 aromatic rings. The highest BCUT2D eigenvalue weighted by atomic mass is 32.2. The number of sulfone groups is 1. The number of carbonyl (C=O) groups excluding carboxylic acids is 1. The molecule has 0 radical (unpaired) electrons. The quantitative estimate of drug-likeness (QED) is 0.915. The normalized spacial score (nSPS) is 25.2. The topological polar surface area (TPSA) is 81.1 Å². The molecule has 1 N–H and O–H groups in total. The summed E-state index contributed by atoms with van der Waals surface area (Å²) in [6, 6.07) is 0.122. The summed E-state index contributed by atoms with van der Waals surface area (Å²) in [5.41, 5.74) is 1.32. The lowest BCUT2D eigenvalue weighted by Gasteiger charge is -2.22. The fourth-order valence-electron chi connectivity index (χ4n) is 3.49. The smallest absolute Gasteiger partial charge is 0.254 e. The molecule has 2 aliphatic rings. The van der Waals surface area contributed by atoms with Gasteiger partial charge in [-0.25, -0.2) is 8.42 Å². The van der Waals surface area contributed by atoms with Gasteiger partial charge in [0.05, 0.1) is 29.3 Å². The predicted octanol–water partition coefficient (Wildman–Crippen LogP) is 1.61. The number of rotatable bonds is 3. The number of amides is 1. The minimum atomic E-state index is -2.96. The first kappa shape index (κ1) is 15.5. The second-order valence-electron chi connectivity index (χ2n) is 6.45. The van der Waals surface area contributed by atoms with Crippen molar-refractivity contribution in [2.24, 2.45) is 0 Å². The van der Waals surface area contributed by atoms with Crippen LogP contribution in [0.5, 0.6) is 0 Å². The van der Waals surface area contributed by atoms with Crippen molar-refractivity contribution in [3.05, 3.63) is 17.5 Å². The predicted molar refractivity (Wildman–Crippen MR) is 83.6 cm³/mol. The summed E-state index contributed by atoms with van der Waals surface area (Å²) in [4.78, 5) is 12.4. The summed E-state index contributed by atoms with van der Waals surface area (Å²) in [5.74, 6) is 0.247. The van der Waals surface area contributed by atoms with Crippen LogP contribution in [-0.2, 0) is 9.84 Å². The van der Waals surface area contributed by atoms with Gasteiger partial charge in [-0.1, -0.05) is 19.3 Å². The average molecular weight is 325 g/mol. The molecule has 1 saturated heterocycles. The summed E-state index contributed by atoms with van der Waals surface area (Å²) < 4.78 is 24.9. The first-order valence-electron chi connectivity index (χ1n) is 8.02. The molecule has 2 fully saturated rings. The molecule has 1 atom stereocenters. The van der Waals surface area contributed by atoms with E-state index in [1.807, 2.05) is 6.92 Å². The van der Waals surface area contributed by atoms with Crippen LogP contribution in [0.15, 0.2) is 6.20 Å². The molecule has 1 aliphatic carbocycles. The molecule has 1 aliphatic heterocycles. The third-order valence-electron chi connectivity index (χ3n) is 4.78. The van der Waals surface area contributed by atoms with Crippen LogP contribution in [0.4, 0.5) is 0 Å². The van der Waals surface area contributed by atoms with Gasteiger partial charge in [0.15, 0.2) is 9.84 Å². The van der Waals surface area contributed by atoms with E-state index in [1.54, 1.807) is 10.9 Å². The Morgan fingerprint density at radius 1 is 1.27 bits per heavy atom. The molecule has 3 rings (SSSR count). The standard InChI is InChI=1S/C15H23N3O3S/c1-11-14(15(19)17-12-5-3-2-4-6-12)9-16-18(11)13-7-8-22(20,21)10-13/h9,12-13H,2-8,10H2,1H3,(H,17,19). The number of nitrogens with one attached hydrogen (secondary N) is 1. The molecule has 0 spiro atoms. The maximum Gasteiger partial charge on any atom is 0.254 e. The Kier molecular flexibility index (Phi) is 4.25. The highest BCUT2D eigenvalue weighted by Crippen LogP contribution is 2.25. The van der Waals surface area contributed by atoms with Crippen LogP contribution in [0.2, 0.25) is 0 Å². The molecule has 0 aromatic carbocycles. The van der Waals surface area contributed by atoms with Gasteiger partial charge in [0, 0.05) is 11.7 Å². The van der Waals surface area contributed by atoms with Crippen LogP contribution in [0.1, 0.15) is 60.6 Å². The van der Waals surface area contributed by atoms with E-state index in [0.717, 1.165) is 18.5 Å². The van der Waals surface area contributed by atoms with Gasteiger partial charge in [-0.2, -0.15) is 5.10 Å². The van der Waals surface area contributed by atoms with Crippen molar-refractivity contribution in [2.75, 3.05) is 11.5 Å². The van der Waals surface area contributed by atoms with E-state index >= 15 is 0 Å². The van der Waals surface area contributed by atoms with Crippen molar-refractivity contribution in [1.29, 1.82) is 0 Å². The molecule has 1 unspecified atom stereocenters. The fraction of sp³-hybridized carbons (Fsp3) is 0.733. The van der Waals surface area contributed by atoms with Crippen molar-refractivity contribution in [3.8, 4) is 0 Å². The number of nitrogens with zero attached hydrogens (tertiary/aromatic N) is 2. The Morgan fingerprint density at radius 3 is 2.64 bits per heavy atom. The molecule has 0 bridgehead atoms. The van der Waals surface area contributed by atoms with Gasteiger partial charge < -0.3 is 5.32 Å². The number of hydrogen-bond acceptors (Lipinski definition) is 4. The molecule has 1 amide bonds. The van der Waals surface area contributed by atoms with Crippen LogP contribution in [0.3, 0.4) is 0 Å². The third kappa shape index (κ3) is 3.19. The van der Waals surface area contributed by atoms with E-state index < -0.39 is 9.84 Å². The molecular formula is C15H23N3O3S. The van der Waals surface area contributed by atoms with Gasteiger partial charge in [0.2, 0.25) is 0 Å². The van der Waals surface area contributed by atoms with E-state index in [-0.39, 0.29) is 29.5 Å². The lowest BCUT2D eigenvalue weighted by atomic mass is 9.95. The second kappa shape index (κ2) is 6.02. The van der Waals surface area contributed by atoms with E-state index in [4.69, 9.17) is 0 Å². The first-order chi connectivity index (χ1) is 10.5. The molecular weight excluding hydrogens is 302 g/mol. The highest BCUT2D eigenvalue weighted by molar-refractivity contribution is 7.91. The second-order valence-corrected chi connectivity index (χ2v) is 8.68. The van der Waals surface area contributed by atoms with Crippen molar-refractivity contribution >= 4 is 15.7 Å². The molecule has 22 heavy (non-hydrogen) atoms. The Bertz CT molecular complexity index is 660. The van der Waals surface area contributed by atoms with Gasteiger partial charge in [-0.15, -0.1) is 0 Å². The van der Waals surface area contributed by atoms with Gasteiger partial charge >= 0.3 is 0 Å². The lowest BCUT2D eigenvalue weighted by molar-refractivity contribution is 0.0927. The average Bonchev–Trinajstić information content (AvgIpc) is 3.02. The van der Waals surface area contributed by atoms with E-state index in [1.165, 1.54) is 19.3 Å². The van der Waals surface area contributed by atoms with Crippen molar-refractivity contribution in [1.82, 2.24) is 15.1 Å². The van der Waals surface area contributed by atoms with Crippen molar-refractivity contribution in [2.45, 2.75) is 57.5 Å². The summed E-state index contributed by atoms with van der Waals surface area (Å²) in [5, 5.41) is 7.35. The number of carbonyl (C=O) groups is 1. The van der Waals surface area contributed by atoms with Gasteiger partial charge in [-0.05, 0) is 26.2 Å². The van der Waals surface area contributed by atoms with E-state index in [9.17, 15) is 13.2 Å². The Balaban J connectivity index is 1.71. The summed E-state index contributed by atoms with van der Waals surface area (Å²) in [7, 11) is -2.96. The van der Waals surface area contributed by atoms with Crippen LogP contribution < -0.4 is 5.32 Å². The molecule has 2 heterocycles. The molecule has 7 heteroatoms. The zero-order chi connectivity index (χ0) is 15.7.